The minimum Gasteiger partial charge on any atom is -0.135 e. The van der Waals surface area contributed by atoms with E-state index in [0.29, 0.717) is 0 Å². The Morgan fingerprint density at radius 3 is 1.44 bits per heavy atom. The molecule has 54 heavy (non-hydrogen) atoms. The zero-order valence-corrected chi connectivity index (χ0v) is 30.8. The highest BCUT2D eigenvalue weighted by molar-refractivity contribution is 7.26. The van der Waals surface area contributed by atoms with E-state index in [9.17, 15) is 0 Å². The van der Waals surface area contributed by atoms with E-state index in [4.69, 9.17) is 0 Å². The van der Waals surface area contributed by atoms with Crippen LogP contribution >= 0.6 is 22.7 Å². The summed E-state index contributed by atoms with van der Waals surface area (Å²) in [5.41, 5.74) is 7.76. The Bertz CT molecular complexity index is 3440. The fraction of sp³-hybridized carbons (Fsp3) is 0. The fourth-order valence-electron chi connectivity index (χ4n) is 9.07. The van der Waals surface area contributed by atoms with Crippen molar-refractivity contribution in [3.8, 4) is 33.4 Å². The smallest absolute Gasteiger partial charge is 0.0440 e. The van der Waals surface area contributed by atoms with Crippen LogP contribution in [0.15, 0.2) is 182 Å². The van der Waals surface area contributed by atoms with Gasteiger partial charge in [0.2, 0.25) is 0 Å². The minimum atomic E-state index is 1.26. The summed E-state index contributed by atoms with van der Waals surface area (Å²) in [5, 5.41) is 15.6. The second-order valence-electron chi connectivity index (χ2n) is 14.3. The first-order chi connectivity index (χ1) is 26.8. The Labute approximate surface area is 319 Å². The molecule has 0 aliphatic heterocycles. The molecule has 12 rings (SSSR count). The zero-order valence-electron chi connectivity index (χ0n) is 29.1. The number of hydrogen-bond donors (Lipinski definition) is 0. The highest BCUT2D eigenvalue weighted by Gasteiger charge is 2.20. The third kappa shape index (κ3) is 4.36. The molecule has 0 aliphatic rings. The van der Waals surface area contributed by atoms with Crippen molar-refractivity contribution in [1.29, 1.82) is 0 Å². The molecule has 0 saturated heterocycles. The summed E-state index contributed by atoms with van der Waals surface area (Å²) in [6.07, 6.45) is 0. The van der Waals surface area contributed by atoms with Crippen molar-refractivity contribution < 1.29 is 0 Å². The number of rotatable bonds is 3. The first-order valence-electron chi connectivity index (χ1n) is 18.5. The summed E-state index contributed by atoms with van der Waals surface area (Å²) in [4.78, 5) is 0. The van der Waals surface area contributed by atoms with Crippen molar-refractivity contribution in [3.63, 3.8) is 0 Å². The molecule has 250 valence electrons. The van der Waals surface area contributed by atoms with Gasteiger partial charge in [-0.15, -0.1) is 22.7 Å². The first-order valence-corrected chi connectivity index (χ1v) is 20.1. The van der Waals surface area contributed by atoms with E-state index in [1.807, 2.05) is 22.7 Å². The Morgan fingerprint density at radius 2 is 0.759 bits per heavy atom. The van der Waals surface area contributed by atoms with Crippen molar-refractivity contribution in [2.24, 2.45) is 0 Å². The van der Waals surface area contributed by atoms with Gasteiger partial charge in [-0.3, -0.25) is 0 Å². The van der Waals surface area contributed by atoms with Crippen LogP contribution in [0.5, 0.6) is 0 Å². The predicted molar refractivity (Wildman–Crippen MR) is 239 cm³/mol. The molecule has 0 radical (unpaired) electrons. The second-order valence-corrected chi connectivity index (χ2v) is 16.5. The van der Waals surface area contributed by atoms with Gasteiger partial charge < -0.3 is 0 Å². The van der Waals surface area contributed by atoms with E-state index in [1.54, 1.807) is 0 Å². The Hall–Kier alpha value is -6.32. The van der Waals surface area contributed by atoms with Crippen LogP contribution in [0.2, 0.25) is 0 Å². The molecule has 0 nitrogen and oxygen atoms in total. The SMILES string of the molecule is c1ccc2c(-c3c4ccccc4c(-c4ccc5c(c4)sc4cc(-c6c7ccccc7cc7c6sc6ccccc67)ccc45)c4ccccc34)cccc2c1. The monoisotopic (exact) mass is 718 g/mol. The van der Waals surface area contributed by atoms with E-state index in [0.717, 1.165) is 0 Å². The van der Waals surface area contributed by atoms with Gasteiger partial charge in [-0.1, -0.05) is 158 Å². The Balaban J connectivity index is 1.08. The number of thiophene rings is 2. The molecule has 0 atom stereocenters. The van der Waals surface area contributed by atoms with Crippen molar-refractivity contribution in [3.05, 3.63) is 182 Å². The van der Waals surface area contributed by atoms with Crippen LogP contribution in [-0.2, 0) is 0 Å². The van der Waals surface area contributed by atoms with Gasteiger partial charge in [-0.05, 0) is 95.2 Å². The molecule has 0 saturated carbocycles. The fourth-order valence-corrected chi connectivity index (χ4v) is 11.5. The zero-order chi connectivity index (χ0) is 35.3. The molecule has 0 aliphatic carbocycles. The normalized spacial score (nSPS) is 12.1. The van der Waals surface area contributed by atoms with Gasteiger partial charge in [0.25, 0.3) is 0 Å². The molecule has 0 bridgehead atoms. The maximum atomic E-state index is 2.44. The van der Waals surface area contributed by atoms with Gasteiger partial charge in [0.1, 0.15) is 0 Å². The summed E-state index contributed by atoms with van der Waals surface area (Å²) >= 11 is 3.82. The lowest BCUT2D eigenvalue weighted by molar-refractivity contribution is 1.69. The molecular formula is C52H30S2. The maximum absolute atomic E-state index is 2.44. The Kier molecular flexibility index (Phi) is 6.48. The molecule has 12 aromatic rings. The average Bonchev–Trinajstić information content (AvgIpc) is 3.79. The molecule has 0 spiro atoms. The van der Waals surface area contributed by atoms with E-state index < -0.39 is 0 Å². The second kappa shape index (κ2) is 11.6. The summed E-state index contributed by atoms with van der Waals surface area (Å²) in [7, 11) is 0. The van der Waals surface area contributed by atoms with Gasteiger partial charge in [0.15, 0.2) is 0 Å². The molecule has 2 heterocycles. The predicted octanol–water partition coefficient (Wildman–Crippen LogP) is 16.0. The van der Waals surface area contributed by atoms with Gasteiger partial charge >= 0.3 is 0 Å². The lowest BCUT2D eigenvalue weighted by Gasteiger charge is -2.18. The van der Waals surface area contributed by atoms with Gasteiger partial charge in [-0.2, -0.15) is 0 Å². The van der Waals surface area contributed by atoms with Crippen molar-refractivity contribution in [1.82, 2.24) is 0 Å². The highest BCUT2D eigenvalue weighted by atomic mass is 32.1. The topological polar surface area (TPSA) is 0 Å². The maximum Gasteiger partial charge on any atom is 0.0440 e. The lowest BCUT2D eigenvalue weighted by atomic mass is 9.84. The van der Waals surface area contributed by atoms with Crippen LogP contribution in [0.4, 0.5) is 0 Å². The van der Waals surface area contributed by atoms with Crippen LogP contribution in [0, 0.1) is 0 Å². The van der Waals surface area contributed by atoms with E-state index in [-0.39, 0.29) is 0 Å². The van der Waals surface area contributed by atoms with Crippen molar-refractivity contribution >= 4 is 106 Å². The largest absolute Gasteiger partial charge is 0.135 e. The molecule has 0 fully saturated rings. The molecule has 0 amide bonds. The van der Waals surface area contributed by atoms with Crippen LogP contribution in [0.3, 0.4) is 0 Å². The molecule has 0 N–H and O–H groups in total. The quantitative estimate of drug-likeness (QED) is 0.160. The molecule has 0 unspecified atom stereocenters. The molecule has 2 heteroatoms. The first kappa shape index (κ1) is 30.2. The van der Waals surface area contributed by atoms with E-state index in [2.05, 4.69) is 182 Å². The number of benzene rings is 10. The van der Waals surface area contributed by atoms with E-state index >= 15 is 0 Å². The van der Waals surface area contributed by atoms with Crippen LogP contribution < -0.4 is 0 Å². The van der Waals surface area contributed by atoms with Crippen LogP contribution in [-0.4, -0.2) is 0 Å². The third-order valence-corrected chi connectivity index (χ3v) is 13.8. The minimum absolute atomic E-state index is 1.26. The Morgan fingerprint density at radius 1 is 0.259 bits per heavy atom. The molecule has 10 aromatic carbocycles. The molecular weight excluding hydrogens is 689 g/mol. The van der Waals surface area contributed by atoms with Gasteiger partial charge in [-0.25, -0.2) is 0 Å². The standard InChI is InChI=1S/C52H30S2/c1-3-15-35-31(12-1)14-11-22-40(35)51-43-20-7-5-18-41(43)49(42-19-6-8-21-44(42)51)33-24-26-38-39-27-25-34(30-48(39)53-47(38)29-33)50-36-16-4-2-13-32(36)28-45-37-17-9-10-23-46(37)54-52(45)50/h1-30H. The highest BCUT2D eigenvalue weighted by Crippen LogP contribution is 2.48. The third-order valence-electron chi connectivity index (χ3n) is 11.4. The number of fused-ring (bicyclic) bond motifs is 10. The van der Waals surface area contributed by atoms with Gasteiger partial charge in [0.05, 0.1) is 0 Å². The van der Waals surface area contributed by atoms with Crippen molar-refractivity contribution in [2.45, 2.75) is 0 Å². The summed E-state index contributed by atoms with van der Waals surface area (Å²) in [5.74, 6) is 0. The van der Waals surface area contributed by atoms with Gasteiger partial charge in [0, 0.05) is 45.9 Å². The number of hydrogen-bond acceptors (Lipinski definition) is 2. The lowest BCUT2D eigenvalue weighted by Crippen LogP contribution is -1.91. The van der Waals surface area contributed by atoms with Crippen LogP contribution in [0.1, 0.15) is 0 Å². The average molecular weight is 719 g/mol. The molecule has 2 aromatic heterocycles. The van der Waals surface area contributed by atoms with E-state index in [1.165, 1.54) is 117 Å². The van der Waals surface area contributed by atoms with Crippen LogP contribution in [0.25, 0.3) is 117 Å². The summed E-state index contributed by atoms with van der Waals surface area (Å²) in [6.45, 7) is 0. The summed E-state index contributed by atoms with van der Waals surface area (Å²) < 4.78 is 5.34. The van der Waals surface area contributed by atoms with Crippen molar-refractivity contribution in [2.75, 3.05) is 0 Å². The summed E-state index contributed by atoms with van der Waals surface area (Å²) in [6, 6.07) is 67.8.